The van der Waals surface area contributed by atoms with Crippen molar-refractivity contribution in [1.82, 2.24) is 10.2 Å². The van der Waals surface area contributed by atoms with E-state index in [9.17, 15) is 0 Å². The molecule has 1 aromatic heterocycles. The van der Waals surface area contributed by atoms with Crippen LogP contribution < -0.4 is 5.32 Å². The monoisotopic (exact) mass is 290 g/mol. The van der Waals surface area contributed by atoms with E-state index in [1.807, 2.05) is 0 Å². The first-order chi connectivity index (χ1) is 10.2. The number of hydrogen-bond acceptors (Lipinski definition) is 3. The van der Waals surface area contributed by atoms with Gasteiger partial charge in [-0.1, -0.05) is 6.92 Å². The second-order valence-corrected chi connectivity index (χ2v) is 7.05. The smallest absolute Gasteiger partial charge is 0.118 e. The van der Waals surface area contributed by atoms with Crippen molar-refractivity contribution in [2.45, 2.75) is 59.0 Å². The Morgan fingerprint density at radius 3 is 2.43 bits per heavy atom. The predicted molar refractivity (Wildman–Crippen MR) is 86.2 cm³/mol. The Bertz CT molecular complexity index is 432. The molecule has 0 aromatic carbocycles. The molecule has 1 N–H and O–H groups in total. The number of rotatable bonds is 10. The topological polar surface area (TPSA) is 28.4 Å². The fourth-order valence-electron chi connectivity index (χ4n) is 3.00. The molecular weight excluding hydrogens is 260 g/mol. The zero-order chi connectivity index (χ0) is 14.7. The molecule has 0 radical (unpaired) electrons. The standard InChI is InChI=1S/C18H30N2O/c1-3-8-19-10-18-9-17(14(2)21-18)13-20(11-15-4-5-15)12-16-6-7-16/h9,15-16,19H,3-8,10-13H2,1-2H3. The quantitative estimate of drug-likeness (QED) is 0.666. The van der Waals surface area contributed by atoms with Gasteiger partial charge in [0, 0.05) is 25.2 Å². The molecule has 2 aliphatic carbocycles. The lowest BCUT2D eigenvalue weighted by Gasteiger charge is -2.21. The third kappa shape index (κ3) is 4.86. The third-order valence-electron chi connectivity index (χ3n) is 4.62. The normalized spacial score (nSPS) is 18.6. The first kappa shape index (κ1) is 15.1. The zero-order valence-corrected chi connectivity index (χ0v) is 13.7. The molecule has 2 saturated carbocycles. The summed E-state index contributed by atoms with van der Waals surface area (Å²) in [5, 5.41) is 3.42. The van der Waals surface area contributed by atoms with E-state index >= 15 is 0 Å². The van der Waals surface area contributed by atoms with Crippen LogP contribution in [0.5, 0.6) is 0 Å². The summed E-state index contributed by atoms with van der Waals surface area (Å²) in [5.41, 5.74) is 1.39. The molecule has 1 heterocycles. The van der Waals surface area contributed by atoms with Crippen LogP contribution in [0.2, 0.25) is 0 Å². The highest BCUT2D eigenvalue weighted by Crippen LogP contribution is 2.34. The van der Waals surface area contributed by atoms with Gasteiger partial charge in [-0.25, -0.2) is 0 Å². The van der Waals surface area contributed by atoms with Crippen molar-refractivity contribution in [3.63, 3.8) is 0 Å². The Morgan fingerprint density at radius 1 is 1.19 bits per heavy atom. The molecular formula is C18H30N2O. The van der Waals surface area contributed by atoms with Crippen molar-refractivity contribution in [3.8, 4) is 0 Å². The molecule has 0 saturated heterocycles. The van der Waals surface area contributed by atoms with E-state index < -0.39 is 0 Å². The maximum absolute atomic E-state index is 5.91. The minimum absolute atomic E-state index is 0.861. The van der Waals surface area contributed by atoms with Crippen LogP contribution in [0.3, 0.4) is 0 Å². The van der Waals surface area contributed by atoms with Gasteiger partial charge in [-0.05, 0) is 63.5 Å². The SMILES string of the molecule is CCCNCc1cc(CN(CC2CC2)CC2CC2)c(C)o1. The lowest BCUT2D eigenvalue weighted by atomic mass is 10.2. The van der Waals surface area contributed by atoms with Gasteiger partial charge in [0.25, 0.3) is 0 Å². The van der Waals surface area contributed by atoms with E-state index in [1.54, 1.807) is 0 Å². The summed E-state index contributed by atoms with van der Waals surface area (Å²) in [5.74, 6) is 4.15. The fourth-order valence-corrected chi connectivity index (χ4v) is 3.00. The number of hydrogen-bond donors (Lipinski definition) is 1. The van der Waals surface area contributed by atoms with Crippen LogP contribution in [0, 0.1) is 18.8 Å². The van der Waals surface area contributed by atoms with Crippen molar-refractivity contribution >= 4 is 0 Å². The molecule has 1 aromatic rings. The van der Waals surface area contributed by atoms with Crippen molar-refractivity contribution in [2.75, 3.05) is 19.6 Å². The molecule has 118 valence electrons. The molecule has 3 heteroatoms. The van der Waals surface area contributed by atoms with Gasteiger partial charge in [0.05, 0.1) is 6.54 Å². The van der Waals surface area contributed by atoms with Gasteiger partial charge in [0.15, 0.2) is 0 Å². The van der Waals surface area contributed by atoms with Gasteiger partial charge >= 0.3 is 0 Å². The molecule has 3 rings (SSSR count). The maximum Gasteiger partial charge on any atom is 0.118 e. The second-order valence-electron chi connectivity index (χ2n) is 7.05. The number of nitrogens with zero attached hydrogens (tertiary/aromatic N) is 1. The average molecular weight is 290 g/mol. The van der Waals surface area contributed by atoms with E-state index in [2.05, 4.69) is 30.1 Å². The largest absolute Gasteiger partial charge is 0.465 e. The van der Waals surface area contributed by atoms with Crippen LogP contribution >= 0.6 is 0 Å². The van der Waals surface area contributed by atoms with Crippen molar-refractivity contribution in [2.24, 2.45) is 11.8 Å². The van der Waals surface area contributed by atoms with Gasteiger partial charge in [-0.3, -0.25) is 4.90 Å². The molecule has 0 aliphatic heterocycles. The Balaban J connectivity index is 1.55. The van der Waals surface area contributed by atoms with Crippen LogP contribution in [0.25, 0.3) is 0 Å². The summed E-state index contributed by atoms with van der Waals surface area (Å²) in [6.45, 7) is 9.90. The number of furan rings is 1. The lowest BCUT2D eigenvalue weighted by Crippen LogP contribution is -2.28. The molecule has 3 nitrogen and oxygen atoms in total. The van der Waals surface area contributed by atoms with Crippen molar-refractivity contribution in [3.05, 3.63) is 23.2 Å². The van der Waals surface area contributed by atoms with Crippen LogP contribution in [-0.4, -0.2) is 24.5 Å². The molecule has 0 bridgehead atoms. The average Bonchev–Trinajstić information content (AvgIpc) is 3.35. The highest BCUT2D eigenvalue weighted by molar-refractivity contribution is 5.21. The predicted octanol–water partition coefficient (Wildman–Crippen LogP) is 3.71. The summed E-state index contributed by atoms with van der Waals surface area (Å²) in [6, 6.07) is 2.27. The molecule has 0 unspecified atom stereocenters. The van der Waals surface area contributed by atoms with Gasteiger partial charge < -0.3 is 9.73 Å². The lowest BCUT2D eigenvalue weighted by molar-refractivity contribution is 0.243. The Labute approximate surface area is 129 Å². The first-order valence-corrected chi connectivity index (χ1v) is 8.76. The summed E-state index contributed by atoms with van der Waals surface area (Å²) < 4.78 is 5.91. The second kappa shape index (κ2) is 6.97. The van der Waals surface area contributed by atoms with E-state index in [-0.39, 0.29) is 0 Å². The van der Waals surface area contributed by atoms with E-state index in [0.29, 0.717) is 0 Å². The fraction of sp³-hybridized carbons (Fsp3) is 0.778. The summed E-state index contributed by atoms with van der Waals surface area (Å²) >= 11 is 0. The molecule has 0 spiro atoms. The summed E-state index contributed by atoms with van der Waals surface area (Å²) in [6.07, 6.45) is 6.94. The highest BCUT2D eigenvalue weighted by Gasteiger charge is 2.29. The van der Waals surface area contributed by atoms with Gasteiger partial charge in [0.2, 0.25) is 0 Å². The Hall–Kier alpha value is -0.800. The molecule has 0 amide bonds. The van der Waals surface area contributed by atoms with E-state index in [0.717, 1.165) is 43.0 Å². The van der Waals surface area contributed by atoms with Crippen molar-refractivity contribution < 1.29 is 4.42 Å². The number of aryl methyl sites for hydroxylation is 1. The van der Waals surface area contributed by atoms with Crippen LogP contribution in [0.15, 0.2) is 10.5 Å². The van der Waals surface area contributed by atoms with Crippen LogP contribution in [0.1, 0.15) is 56.1 Å². The van der Waals surface area contributed by atoms with Crippen LogP contribution in [0.4, 0.5) is 0 Å². The van der Waals surface area contributed by atoms with Crippen LogP contribution in [-0.2, 0) is 13.1 Å². The maximum atomic E-state index is 5.91. The Morgan fingerprint density at radius 2 is 1.86 bits per heavy atom. The Kier molecular flexibility index (Phi) is 5.02. The highest BCUT2D eigenvalue weighted by atomic mass is 16.3. The summed E-state index contributed by atoms with van der Waals surface area (Å²) in [7, 11) is 0. The van der Waals surface area contributed by atoms with Gasteiger partial charge in [-0.2, -0.15) is 0 Å². The number of nitrogens with one attached hydrogen (secondary N) is 1. The van der Waals surface area contributed by atoms with E-state index in [4.69, 9.17) is 4.42 Å². The summed E-state index contributed by atoms with van der Waals surface area (Å²) in [4.78, 5) is 2.68. The van der Waals surface area contributed by atoms with E-state index in [1.165, 1.54) is 50.8 Å². The minimum Gasteiger partial charge on any atom is -0.465 e. The van der Waals surface area contributed by atoms with Crippen molar-refractivity contribution in [1.29, 1.82) is 0 Å². The van der Waals surface area contributed by atoms with Gasteiger partial charge in [-0.15, -0.1) is 0 Å². The third-order valence-corrected chi connectivity index (χ3v) is 4.62. The molecule has 2 fully saturated rings. The minimum atomic E-state index is 0.861. The molecule has 0 atom stereocenters. The van der Waals surface area contributed by atoms with Gasteiger partial charge in [0.1, 0.15) is 11.5 Å². The molecule has 2 aliphatic rings. The molecule has 21 heavy (non-hydrogen) atoms. The zero-order valence-electron chi connectivity index (χ0n) is 13.7. The first-order valence-electron chi connectivity index (χ1n) is 8.76.